The molecule has 1 aromatic heterocycles. The standard InChI is InChI=1S/C37H53N5O7S2/c1-22(2)30(42(6)36(46)32(26-19-50-20-26)40-34(45)29-14-10-11-15-41(29)5)18-31(49-24(4)43)35-39-28(21-51-35)33(44)38-27(16-23(3)37(47)48)17-25-12-8-7-9-13-25/h7-9,12-13,21-23,26-27,29-32H,10-11,14-20H2,1-6H3,(H,38,44)(H,40,45)(H,47,48)/t23-,27+,29+,30+,31+,32-/m0/s1. The van der Waals surface area contributed by atoms with Crippen molar-refractivity contribution in [3.8, 4) is 0 Å². The predicted molar refractivity (Wildman–Crippen MR) is 198 cm³/mol. The number of nitrogens with one attached hydrogen (secondary N) is 2. The molecular weight excluding hydrogens is 691 g/mol. The van der Waals surface area contributed by atoms with Crippen molar-refractivity contribution in [1.82, 2.24) is 25.4 Å². The molecule has 2 aliphatic heterocycles. The molecule has 3 heterocycles. The molecular formula is C37H53N5O7S2. The number of thiazole rings is 1. The van der Waals surface area contributed by atoms with Crippen molar-refractivity contribution >= 4 is 52.8 Å². The molecule has 0 radical (unpaired) electrons. The molecule has 2 aliphatic rings. The van der Waals surface area contributed by atoms with Gasteiger partial charge in [-0.05, 0) is 62.3 Å². The van der Waals surface area contributed by atoms with E-state index in [2.05, 4.69) is 20.5 Å². The third-order valence-corrected chi connectivity index (χ3v) is 12.2. The molecule has 2 saturated heterocycles. The Hall–Kier alpha value is -3.49. The fourth-order valence-corrected chi connectivity index (χ4v) is 8.51. The Morgan fingerprint density at radius 1 is 1.06 bits per heavy atom. The summed E-state index contributed by atoms with van der Waals surface area (Å²) in [6.07, 6.45) is 2.89. The van der Waals surface area contributed by atoms with E-state index < -0.39 is 42.0 Å². The number of piperidine rings is 1. The smallest absolute Gasteiger partial charge is 0.306 e. The number of hydrogen-bond acceptors (Lipinski definition) is 10. The number of aliphatic carboxylic acids is 1. The maximum Gasteiger partial charge on any atom is 0.306 e. The van der Waals surface area contributed by atoms with Crippen molar-refractivity contribution in [2.45, 2.75) is 96.5 Å². The lowest BCUT2D eigenvalue weighted by atomic mass is 9.93. The zero-order valence-electron chi connectivity index (χ0n) is 30.5. The summed E-state index contributed by atoms with van der Waals surface area (Å²) in [7, 11) is 3.69. The second kappa shape index (κ2) is 18.8. The lowest BCUT2D eigenvalue weighted by Gasteiger charge is -2.40. The molecule has 3 N–H and O–H groups in total. The Labute approximate surface area is 309 Å². The molecule has 0 bridgehead atoms. The van der Waals surface area contributed by atoms with Crippen LogP contribution in [-0.2, 0) is 30.3 Å². The topological polar surface area (TPSA) is 158 Å². The quantitative estimate of drug-likeness (QED) is 0.198. The molecule has 280 valence electrons. The number of carboxylic acids is 1. The molecule has 2 fully saturated rings. The summed E-state index contributed by atoms with van der Waals surface area (Å²) in [4.78, 5) is 73.4. The molecule has 12 nitrogen and oxygen atoms in total. The second-order valence-corrected chi connectivity index (χ2v) is 16.2. The van der Waals surface area contributed by atoms with Crippen LogP contribution in [-0.4, -0.2) is 106 Å². The summed E-state index contributed by atoms with van der Waals surface area (Å²) < 4.78 is 5.77. The van der Waals surface area contributed by atoms with Gasteiger partial charge in [-0.1, -0.05) is 57.5 Å². The molecule has 6 atom stereocenters. The number of ether oxygens (including phenoxy) is 1. The van der Waals surface area contributed by atoms with Gasteiger partial charge in [0, 0.05) is 43.8 Å². The third-order valence-electron chi connectivity index (χ3n) is 9.90. The van der Waals surface area contributed by atoms with Gasteiger partial charge in [-0.15, -0.1) is 11.3 Å². The van der Waals surface area contributed by atoms with E-state index in [9.17, 15) is 29.1 Å². The first-order valence-electron chi connectivity index (χ1n) is 17.8. The Kier molecular flexibility index (Phi) is 14.9. The molecule has 14 heteroatoms. The van der Waals surface area contributed by atoms with Crippen LogP contribution in [0.1, 0.15) is 87.0 Å². The van der Waals surface area contributed by atoms with E-state index >= 15 is 0 Å². The number of carboxylic acid groups (broad SMARTS) is 1. The molecule has 1 aromatic carbocycles. The lowest BCUT2D eigenvalue weighted by molar-refractivity contribution is -0.149. The molecule has 4 rings (SSSR count). The molecule has 0 spiro atoms. The molecule has 0 unspecified atom stereocenters. The van der Waals surface area contributed by atoms with Crippen molar-refractivity contribution < 1.29 is 33.8 Å². The summed E-state index contributed by atoms with van der Waals surface area (Å²) in [5.74, 6) is -1.29. The number of hydrogen-bond donors (Lipinski definition) is 3. The number of rotatable bonds is 17. The summed E-state index contributed by atoms with van der Waals surface area (Å²) in [5.41, 5.74) is 1.10. The highest BCUT2D eigenvalue weighted by Gasteiger charge is 2.41. The average molecular weight is 744 g/mol. The number of benzene rings is 1. The third kappa shape index (κ3) is 11.2. The number of esters is 1. The number of nitrogens with zero attached hydrogens (tertiary/aromatic N) is 3. The zero-order chi connectivity index (χ0) is 37.2. The number of thioether (sulfide) groups is 1. The van der Waals surface area contributed by atoms with Crippen LogP contribution < -0.4 is 10.6 Å². The van der Waals surface area contributed by atoms with E-state index in [-0.39, 0.29) is 54.3 Å². The molecule has 0 aliphatic carbocycles. The van der Waals surface area contributed by atoms with Crippen molar-refractivity contribution in [2.24, 2.45) is 17.8 Å². The van der Waals surface area contributed by atoms with E-state index in [1.165, 1.54) is 18.3 Å². The van der Waals surface area contributed by atoms with Crippen molar-refractivity contribution in [3.05, 3.63) is 52.0 Å². The van der Waals surface area contributed by atoms with E-state index in [0.717, 1.165) is 42.9 Å². The second-order valence-electron chi connectivity index (χ2n) is 14.3. The molecule has 2 aromatic rings. The highest BCUT2D eigenvalue weighted by Crippen LogP contribution is 2.33. The van der Waals surface area contributed by atoms with Gasteiger partial charge < -0.3 is 25.4 Å². The number of aromatic nitrogens is 1. The van der Waals surface area contributed by atoms with Crippen LogP contribution in [0.5, 0.6) is 0 Å². The molecule has 51 heavy (non-hydrogen) atoms. The Morgan fingerprint density at radius 3 is 2.35 bits per heavy atom. The summed E-state index contributed by atoms with van der Waals surface area (Å²) in [6, 6.07) is 7.80. The van der Waals surface area contributed by atoms with Gasteiger partial charge in [0.2, 0.25) is 11.8 Å². The van der Waals surface area contributed by atoms with E-state index in [4.69, 9.17) is 4.74 Å². The molecule has 0 saturated carbocycles. The number of likely N-dealkylation sites (tertiary alicyclic amines) is 1. The first kappa shape index (κ1) is 40.3. The Bertz CT molecular complexity index is 1500. The SMILES string of the molecule is CC(=O)O[C@H](C[C@H](C(C)C)N(C)C(=O)[C@@H](NC(=O)[C@H]1CCCCN1C)C1CSC1)c1nc(C(=O)N[C@@H](Cc2ccccc2)C[C@H](C)C(=O)O)cs1. The van der Waals surface area contributed by atoms with Gasteiger partial charge in [0.1, 0.15) is 16.7 Å². The maximum absolute atomic E-state index is 14.2. The van der Waals surface area contributed by atoms with E-state index in [1.807, 2.05) is 51.2 Å². The van der Waals surface area contributed by atoms with Crippen LogP contribution in [0.2, 0.25) is 0 Å². The Balaban J connectivity index is 1.50. The first-order valence-corrected chi connectivity index (χ1v) is 19.8. The zero-order valence-corrected chi connectivity index (χ0v) is 32.1. The van der Waals surface area contributed by atoms with Crippen molar-refractivity contribution in [3.63, 3.8) is 0 Å². The van der Waals surface area contributed by atoms with Gasteiger partial charge in [-0.2, -0.15) is 11.8 Å². The van der Waals surface area contributed by atoms with Gasteiger partial charge in [0.15, 0.2) is 6.10 Å². The largest absolute Gasteiger partial charge is 0.481 e. The number of carbonyl (C=O) groups excluding carboxylic acids is 4. The Morgan fingerprint density at radius 2 is 1.76 bits per heavy atom. The van der Waals surface area contributed by atoms with E-state index in [0.29, 0.717) is 11.4 Å². The fraction of sp³-hybridized carbons (Fsp3) is 0.622. The minimum atomic E-state index is -0.942. The minimum absolute atomic E-state index is 0.0316. The van der Waals surface area contributed by atoms with Gasteiger partial charge in [-0.25, -0.2) is 4.98 Å². The van der Waals surface area contributed by atoms with Crippen LogP contribution in [0.3, 0.4) is 0 Å². The van der Waals surface area contributed by atoms with Gasteiger partial charge in [0.25, 0.3) is 5.91 Å². The van der Waals surface area contributed by atoms with Crippen LogP contribution in [0.25, 0.3) is 0 Å². The van der Waals surface area contributed by atoms with Gasteiger partial charge in [0.05, 0.1) is 12.0 Å². The minimum Gasteiger partial charge on any atom is -0.481 e. The van der Waals surface area contributed by atoms with Crippen LogP contribution in [0.15, 0.2) is 35.7 Å². The maximum atomic E-state index is 14.2. The molecule has 3 amide bonds. The average Bonchev–Trinajstić information content (AvgIpc) is 3.56. The number of carbonyl (C=O) groups is 5. The fourth-order valence-electron chi connectivity index (χ4n) is 6.78. The number of likely N-dealkylation sites (N-methyl/N-ethyl adjacent to an activating group) is 2. The van der Waals surface area contributed by atoms with Crippen molar-refractivity contribution in [1.29, 1.82) is 0 Å². The monoisotopic (exact) mass is 743 g/mol. The first-order chi connectivity index (χ1) is 24.2. The van der Waals surface area contributed by atoms with Crippen molar-refractivity contribution in [2.75, 3.05) is 32.1 Å². The summed E-state index contributed by atoms with van der Waals surface area (Å²) in [6.45, 7) is 7.76. The van der Waals surface area contributed by atoms with Gasteiger partial charge >= 0.3 is 11.9 Å². The predicted octanol–water partition coefficient (Wildman–Crippen LogP) is 4.40. The summed E-state index contributed by atoms with van der Waals surface area (Å²) >= 11 is 2.94. The number of amides is 3. The van der Waals surface area contributed by atoms with Crippen LogP contribution in [0, 0.1) is 17.8 Å². The van der Waals surface area contributed by atoms with E-state index in [1.54, 1.807) is 36.0 Å². The van der Waals surface area contributed by atoms with Gasteiger partial charge in [-0.3, -0.25) is 28.9 Å². The highest BCUT2D eigenvalue weighted by atomic mass is 32.2. The lowest BCUT2D eigenvalue weighted by Crippen LogP contribution is -2.60. The van der Waals surface area contributed by atoms with Crippen LogP contribution >= 0.6 is 23.1 Å². The normalized spacial score (nSPS) is 19.5. The highest BCUT2D eigenvalue weighted by molar-refractivity contribution is 8.00. The summed E-state index contributed by atoms with van der Waals surface area (Å²) in [5, 5.41) is 17.6. The van der Waals surface area contributed by atoms with Crippen LogP contribution in [0.4, 0.5) is 0 Å².